The van der Waals surface area contributed by atoms with Crippen LogP contribution in [0.25, 0.3) is 0 Å². The minimum absolute atomic E-state index is 0.123. The van der Waals surface area contributed by atoms with Gasteiger partial charge in [0.1, 0.15) is 11.5 Å². The Balaban J connectivity index is 1.64. The summed E-state index contributed by atoms with van der Waals surface area (Å²) >= 11 is 3.33. The lowest BCUT2D eigenvalue weighted by Gasteiger charge is -2.38. The van der Waals surface area contributed by atoms with Crippen LogP contribution in [0.1, 0.15) is 16.1 Å². The molecule has 0 aliphatic carbocycles. The first kappa shape index (κ1) is 15.3. The molecule has 1 saturated heterocycles. The van der Waals surface area contributed by atoms with Crippen molar-refractivity contribution < 1.29 is 17.6 Å². The highest BCUT2D eigenvalue weighted by Crippen LogP contribution is 2.25. The Morgan fingerprint density at radius 1 is 1.23 bits per heavy atom. The zero-order chi connectivity index (χ0) is 15.7. The molecule has 1 aliphatic rings. The van der Waals surface area contributed by atoms with Crippen molar-refractivity contribution in [2.24, 2.45) is 0 Å². The van der Waals surface area contributed by atoms with Gasteiger partial charge in [0.05, 0.1) is 17.1 Å². The quantitative estimate of drug-likeness (QED) is 0.813. The van der Waals surface area contributed by atoms with Crippen LogP contribution in [0, 0.1) is 0 Å². The normalized spacial score (nSPS) is 15.6. The number of furan rings is 1. The van der Waals surface area contributed by atoms with E-state index in [4.69, 9.17) is 4.42 Å². The lowest BCUT2D eigenvalue weighted by atomic mass is 10.1. The van der Waals surface area contributed by atoms with E-state index in [0.717, 1.165) is 0 Å². The molecule has 5 nitrogen and oxygen atoms in total. The van der Waals surface area contributed by atoms with Crippen molar-refractivity contribution in [3.63, 3.8) is 0 Å². The predicted molar refractivity (Wildman–Crippen MR) is 85.2 cm³/mol. The maximum Gasteiger partial charge on any atom is 0.255 e. The zero-order valence-electron chi connectivity index (χ0n) is 11.6. The van der Waals surface area contributed by atoms with Crippen LogP contribution in [-0.2, 0) is 15.6 Å². The number of carbonyl (C=O) groups is 1. The van der Waals surface area contributed by atoms with Gasteiger partial charge >= 0.3 is 0 Å². The van der Waals surface area contributed by atoms with Crippen molar-refractivity contribution in [1.29, 1.82) is 0 Å². The monoisotopic (exact) mass is 383 g/mol. The van der Waals surface area contributed by atoms with E-state index in [9.17, 15) is 13.2 Å². The molecule has 0 atom stereocenters. The summed E-state index contributed by atoms with van der Waals surface area (Å²) in [5.74, 6) is 0.148. The van der Waals surface area contributed by atoms with Crippen molar-refractivity contribution in [2.45, 2.75) is 11.0 Å². The first-order valence-electron chi connectivity index (χ1n) is 6.75. The number of hydrogen-bond donors (Lipinski definition) is 0. The molecule has 1 amide bonds. The average Bonchev–Trinajstić information content (AvgIpc) is 2.89. The molecule has 0 saturated carbocycles. The van der Waals surface area contributed by atoms with Gasteiger partial charge in [-0.25, -0.2) is 8.42 Å². The minimum Gasteiger partial charge on any atom is -0.468 e. The van der Waals surface area contributed by atoms with E-state index in [1.54, 1.807) is 35.2 Å². The van der Waals surface area contributed by atoms with Gasteiger partial charge in [-0.15, -0.1) is 0 Å². The summed E-state index contributed by atoms with van der Waals surface area (Å²) in [6.07, 6.45) is 1.45. The van der Waals surface area contributed by atoms with E-state index < -0.39 is 15.1 Å². The Hall–Kier alpha value is -1.60. The molecule has 22 heavy (non-hydrogen) atoms. The lowest BCUT2D eigenvalue weighted by Crippen LogP contribution is -2.57. The Morgan fingerprint density at radius 3 is 2.59 bits per heavy atom. The highest BCUT2D eigenvalue weighted by molar-refractivity contribution is 9.10. The molecule has 1 aromatic heterocycles. The van der Waals surface area contributed by atoms with Crippen molar-refractivity contribution in [1.82, 2.24) is 4.90 Å². The number of halogens is 1. The molecule has 2 heterocycles. The molecule has 1 aromatic carbocycles. The summed E-state index contributed by atoms with van der Waals surface area (Å²) in [4.78, 5) is 13.9. The van der Waals surface area contributed by atoms with E-state index in [1.165, 1.54) is 6.26 Å². The third-order valence-electron chi connectivity index (χ3n) is 3.67. The van der Waals surface area contributed by atoms with Crippen LogP contribution in [0.15, 0.2) is 51.6 Å². The predicted octanol–water partition coefficient (Wildman–Crippen LogP) is 2.48. The third-order valence-corrected chi connectivity index (χ3v) is 6.36. The fraction of sp³-hybridized carbons (Fsp3) is 0.267. The molecule has 1 aliphatic heterocycles. The number of nitrogens with zero attached hydrogens (tertiary/aromatic N) is 1. The van der Waals surface area contributed by atoms with E-state index in [0.29, 0.717) is 15.8 Å². The number of amides is 1. The van der Waals surface area contributed by atoms with E-state index in [2.05, 4.69) is 15.9 Å². The van der Waals surface area contributed by atoms with Gasteiger partial charge in [0.2, 0.25) is 0 Å². The lowest BCUT2D eigenvalue weighted by molar-refractivity contribution is 0.0658. The average molecular weight is 384 g/mol. The number of hydrogen-bond acceptors (Lipinski definition) is 4. The molecule has 0 radical (unpaired) electrons. The van der Waals surface area contributed by atoms with Gasteiger partial charge in [-0.2, -0.15) is 0 Å². The molecule has 0 N–H and O–H groups in total. The van der Waals surface area contributed by atoms with Crippen LogP contribution in [0.2, 0.25) is 0 Å². The zero-order valence-corrected chi connectivity index (χ0v) is 14.0. The van der Waals surface area contributed by atoms with E-state index >= 15 is 0 Å². The van der Waals surface area contributed by atoms with Crippen molar-refractivity contribution in [3.05, 3.63) is 58.5 Å². The second-order valence-corrected chi connectivity index (χ2v) is 8.33. The topological polar surface area (TPSA) is 67.6 Å². The number of sulfone groups is 1. The number of likely N-dealkylation sites (tertiary alicyclic amines) is 1. The Bertz CT molecular complexity index is 780. The molecule has 1 fully saturated rings. The summed E-state index contributed by atoms with van der Waals surface area (Å²) in [6, 6.07) is 10.4. The first-order valence-corrected chi connectivity index (χ1v) is 9.26. The van der Waals surface area contributed by atoms with Gasteiger partial charge in [0, 0.05) is 17.6 Å². The Labute approximate surface area is 137 Å². The van der Waals surface area contributed by atoms with E-state index in [-0.39, 0.29) is 24.7 Å². The van der Waals surface area contributed by atoms with Crippen LogP contribution in [-0.4, -0.2) is 37.6 Å². The van der Waals surface area contributed by atoms with Gasteiger partial charge in [0.15, 0.2) is 9.84 Å². The fourth-order valence-corrected chi connectivity index (χ4v) is 4.41. The van der Waals surface area contributed by atoms with Crippen molar-refractivity contribution >= 4 is 31.7 Å². The summed E-state index contributed by atoms with van der Waals surface area (Å²) in [5.41, 5.74) is 0.546. The van der Waals surface area contributed by atoms with Crippen LogP contribution in [0.3, 0.4) is 0 Å². The van der Waals surface area contributed by atoms with Crippen molar-refractivity contribution in [2.75, 3.05) is 13.1 Å². The molecule has 2 aromatic rings. The summed E-state index contributed by atoms with van der Waals surface area (Å²) in [6.45, 7) is 0.451. The number of rotatable bonds is 4. The minimum atomic E-state index is -3.30. The van der Waals surface area contributed by atoms with Gasteiger partial charge < -0.3 is 9.32 Å². The van der Waals surface area contributed by atoms with Crippen LogP contribution >= 0.6 is 15.9 Å². The SMILES string of the molecule is O=C(c1ccccc1Br)N1CC(S(=O)(=O)Cc2ccco2)C1. The molecule has 0 bridgehead atoms. The fourth-order valence-electron chi connectivity index (χ4n) is 2.35. The summed E-state index contributed by atoms with van der Waals surface area (Å²) in [5, 5.41) is -0.524. The van der Waals surface area contributed by atoms with E-state index in [1.807, 2.05) is 6.07 Å². The third kappa shape index (κ3) is 2.96. The summed E-state index contributed by atoms with van der Waals surface area (Å²) in [7, 11) is -3.30. The Kier molecular flexibility index (Phi) is 4.10. The van der Waals surface area contributed by atoms with Gasteiger partial charge in [-0.05, 0) is 40.2 Å². The Morgan fingerprint density at radius 2 is 1.95 bits per heavy atom. The second kappa shape index (κ2) is 5.89. The van der Waals surface area contributed by atoms with Crippen molar-refractivity contribution in [3.8, 4) is 0 Å². The second-order valence-electron chi connectivity index (χ2n) is 5.20. The first-order chi connectivity index (χ1) is 10.5. The number of carbonyl (C=O) groups excluding carboxylic acids is 1. The largest absolute Gasteiger partial charge is 0.468 e. The molecule has 0 spiro atoms. The molecule has 116 valence electrons. The molecular formula is C15H14BrNO4S. The van der Waals surface area contributed by atoms with Crippen LogP contribution in [0.4, 0.5) is 0 Å². The van der Waals surface area contributed by atoms with Crippen LogP contribution < -0.4 is 0 Å². The molecule has 7 heteroatoms. The molecule has 0 unspecified atom stereocenters. The maximum absolute atomic E-state index is 12.3. The van der Waals surface area contributed by atoms with Crippen LogP contribution in [0.5, 0.6) is 0 Å². The highest BCUT2D eigenvalue weighted by Gasteiger charge is 2.40. The maximum atomic E-state index is 12.3. The van der Waals surface area contributed by atoms with Gasteiger partial charge in [0.25, 0.3) is 5.91 Å². The molecular weight excluding hydrogens is 370 g/mol. The summed E-state index contributed by atoms with van der Waals surface area (Å²) < 4.78 is 30.3. The smallest absolute Gasteiger partial charge is 0.255 e. The van der Waals surface area contributed by atoms with Gasteiger partial charge in [-0.1, -0.05) is 12.1 Å². The standard InChI is InChI=1S/C15H14BrNO4S/c16-14-6-2-1-5-13(14)15(18)17-8-12(9-17)22(19,20)10-11-4-3-7-21-11/h1-7,12H,8-10H2. The molecule has 3 rings (SSSR count). The number of benzene rings is 1. The highest BCUT2D eigenvalue weighted by atomic mass is 79.9. The van der Waals surface area contributed by atoms with Gasteiger partial charge in [-0.3, -0.25) is 4.79 Å².